The van der Waals surface area contributed by atoms with Crippen LogP contribution in [-0.2, 0) is 0 Å². The molecule has 1 aromatic carbocycles. The molecule has 1 aliphatic rings. The average Bonchev–Trinajstić information content (AvgIpc) is 3.32. The monoisotopic (exact) mass is 331 g/mol. The van der Waals surface area contributed by atoms with Crippen molar-refractivity contribution in [2.24, 2.45) is 5.92 Å². The minimum atomic E-state index is 0.475. The highest BCUT2D eigenvalue weighted by Gasteiger charge is 2.21. The van der Waals surface area contributed by atoms with Gasteiger partial charge in [-0.15, -0.1) is 0 Å². The standard InChI is InChI=1S/C17H15Cl2N3/c18-14-7-12(8-21-10-14)3-4-13-5-6-15(17(20)16(13)19)22-9-11-1-2-11/h5-8,10-11,22H,1-2,9,20H2. The number of benzene rings is 1. The van der Waals surface area contributed by atoms with Crippen LogP contribution in [0.2, 0.25) is 10.0 Å². The predicted molar refractivity (Wildman–Crippen MR) is 92.3 cm³/mol. The quantitative estimate of drug-likeness (QED) is 0.654. The second-order valence-electron chi connectivity index (χ2n) is 5.35. The lowest BCUT2D eigenvalue weighted by Gasteiger charge is -2.11. The largest absolute Gasteiger partial charge is 0.396 e. The van der Waals surface area contributed by atoms with Crippen LogP contribution in [0.5, 0.6) is 0 Å². The van der Waals surface area contributed by atoms with E-state index in [0.29, 0.717) is 21.3 Å². The molecule has 3 rings (SSSR count). The zero-order valence-corrected chi connectivity index (χ0v) is 13.4. The van der Waals surface area contributed by atoms with Gasteiger partial charge in [0.1, 0.15) is 0 Å². The van der Waals surface area contributed by atoms with E-state index in [1.807, 2.05) is 12.1 Å². The second-order valence-corrected chi connectivity index (χ2v) is 6.17. The summed E-state index contributed by atoms with van der Waals surface area (Å²) in [5.74, 6) is 6.78. The normalized spacial score (nSPS) is 13.4. The molecular formula is C17H15Cl2N3. The first kappa shape index (κ1) is 15.0. The number of rotatable bonds is 3. The Morgan fingerprint density at radius 1 is 1.23 bits per heavy atom. The number of aromatic nitrogens is 1. The Balaban J connectivity index is 1.81. The van der Waals surface area contributed by atoms with E-state index in [9.17, 15) is 0 Å². The van der Waals surface area contributed by atoms with Gasteiger partial charge in [-0.1, -0.05) is 35.0 Å². The van der Waals surface area contributed by atoms with Crippen molar-refractivity contribution in [3.63, 3.8) is 0 Å². The van der Waals surface area contributed by atoms with Gasteiger partial charge in [0.15, 0.2) is 0 Å². The number of nitrogens with two attached hydrogens (primary N) is 1. The Morgan fingerprint density at radius 2 is 2.05 bits per heavy atom. The molecule has 112 valence electrons. The van der Waals surface area contributed by atoms with Gasteiger partial charge in [0, 0.05) is 30.1 Å². The van der Waals surface area contributed by atoms with Gasteiger partial charge < -0.3 is 11.1 Å². The lowest BCUT2D eigenvalue weighted by molar-refractivity contribution is 0.890. The van der Waals surface area contributed by atoms with Crippen molar-refractivity contribution in [1.29, 1.82) is 0 Å². The van der Waals surface area contributed by atoms with Gasteiger partial charge in [0.25, 0.3) is 0 Å². The zero-order valence-electron chi connectivity index (χ0n) is 11.9. The van der Waals surface area contributed by atoms with E-state index in [1.54, 1.807) is 18.5 Å². The molecule has 0 radical (unpaired) electrons. The third kappa shape index (κ3) is 3.65. The van der Waals surface area contributed by atoms with E-state index in [-0.39, 0.29) is 0 Å². The van der Waals surface area contributed by atoms with Gasteiger partial charge in [-0.25, -0.2) is 0 Å². The summed E-state index contributed by atoms with van der Waals surface area (Å²) < 4.78 is 0. The fourth-order valence-electron chi connectivity index (χ4n) is 2.04. The van der Waals surface area contributed by atoms with Crippen LogP contribution in [0.4, 0.5) is 11.4 Å². The van der Waals surface area contributed by atoms with E-state index < -0.39 is 0 Å². The summed E-state index contributed by atoms with van der Waals surface area (Å²) in [6.45, 7) is 0.944. The van der Waals surface area contributed by atoms with Crippen molar-refractivity contribution in [2.75, 3.05) is 17.6 Å². The fraction of sp³-hybridized carbons (Fsp3) is 0.235. The maximum absolute atomic E-state index is 6.32. The third-order valence-electron chi connectivity index (χ3n) is 3.50. The summed E-state index contributed by atoms with van der Waals surface area (Å²) in [5.41, 5.74) is 8.92. The number of hydrogen-bond acceptors (Lipinski definition) is 3. The van der Waals surface area contributed by atoms with Crippen LogP contribution in [0.15, 0.2) is 30.6 Å². The van der Waals surface area contributed by atoms with Crippen LogP contribution in [-0.4, -0.2) is 11.5 Å². The van der Waals surface area contributed by atoms with Gasteiger partial charge in [0.2, 0.25) is 0 Å². The number of nitrogen functional groups attached to an aromatic ring is 1. The molecule has 5 heteroatoms. The lowest BCUT2D eigenvalue weighted by Crippen LogP contribution is -2.06. The summed E-state index contributed by atoms with van der Waals surface area (Å²) in [6, 6.07) is 5.55. The van der Waals surface area contributed by atoms with E-state index in [4.69, 9.17) is 28.9 Å². The number of hydrogen-bond donors (Lipinski definition) is 2. The topological polar surface area (TPSA) is 50.9 Å². The van der Waals surface area contributed by atoms with E-state index >= 15 is 0 Å². The molecule has 0 amide bonds. The molecule has 0 unspecified atom stereocenters. The van der Waals surface area contributed by atoms with E-state index in [2.05, 4.69) is 22.1 Å². The third-order valence-corrected chi connectivity index (χ3v) is 4.12. The lowest BCUT2D eigenvalue weighted by atomic mass is 10.1. The molecular weight excluding hydrogens is 317 g/mol. The van der Waals surface area contributed by atoms with Crippen molar-refractivity contribution in [3.8, 4) is 11.8 Å². The van der Waals surface area contributed by atoms with E-state index in [1.165, 1.54) is 12.8 Å². The van der Waals surface area contributed by atoms with Crippen LogP contribution in [0.25, 0.3) is 0 Å². The molecule has 22 heavy (non-hydrogen) atoms. The Labute approximate surface area is 139 Å². The molecule has 1 saturated carbocycles. The van der Waals surface area contributed by atoms with Crippen molar-refractivity contribution >= 4 is 34.6 Å². The second kappa shape index (κ2) is 6.48. The maximum atomic E-state index is 6.32. The summed E-state index contributed by atoms with van der Waals surface area (Å²) in [7, 11) is 0. The molecule has 0 saturated heterocycles. The Morgan fingerprint density at radius 3 is 2.77 bits per heavy atom. The number of nitrogens with one attached hydrogen (secondary N) is 1. The molecule has 1 heterocycles. The molecule has 0 spiro atoms. The smallest absolute Gasteiger partial charge is 0.0813 e. The Kier molecular flexibility index (Phi) is 4.42. The first-order chi connectivity index (χ1) is 10.6. The van der Waals surface area contributed by atoms with Crippen LogP contribution in [0.3, 0.4) is 0 Å². The summed E-state index contributed by atoms with van der Waals surface area (Å²) in [5, 5.41) is 4.37. The SMILES string of the molecule is Nc1c(NCC2CC2)ccc(C#Cc2cncc(Cl)c2)c1Cl. The number of nitrogens with zero attached hydrogens (tertiary/aromatic N) is 1. The maximum Gasteiger partial charge on any atom is 0.0813 e. The first-order valence-corrected chi connectivity index (χ1v) is 7.83. The van der Waals surface area contributed by atoms with Crippen LogP contribution >= 0.6 is 23.2 Å². The molecule has 2 aromatic rings. The summed E-state index contributed by atoms with van der Waals surface area (Å²) in [6.07, 6.45) is 5.80. The van der Waals surface area contributed by atoms with Crippen molar-refractivity contribution in [2.45, 2.75) is 12.8 Å². The fourth-order valence-corrected chi connectivity index (χ4v) is 2.43. The van der Waals surface area contributed by atoms with E-state index in [0.717, 1.165) is 23.7 Å². The molecule has 0 aliphatic heterocycles. The van der Waals surface area contributed by atoms with Gasteiger partial charge in [-0.2, -0.15) is 0 Å². The average molecular weight is 332 g/mol. The van der Waals surface area contributed by atoms with Gasteiger partial charge in [-0.3, -0.25) is 4.98 Å². The Bertz CT molecular complexity index is 758. The highest BCUT2D eigenvalue weighted by Crippen LogP contribution is 2.33. The van der Waals surface area contributed by atoms with Gasteiger partial charge in [0.05, 0.1) is 21.4 Å². The number of pyridine rings is 1. The number of anilines is 2. The summed E-state index contributed by atoms with van der Waals surface area (Å²) >= 11 is 12.2. The highest BCUT2D eigenvalue weighted by molar-refractivity contribution is 6.35. The van der Waals surface area contributed by atoms with Crippen LogP contribution in [0, 0.1) is 17.8 Å². The van der Waals surface area contributed by atoms with Crippen molar-refractivity contribution < 1.29 is 0 Å². The molecule has 3 N–H and O–H groups in total. The molecule has 0 atom stereocenters. The van der Waals surface area contributed by atoms with Gasteiger partial charge >= 0.3 is 0 Å². The zero-order chi connectivity index (χ0) is 15.5. The molecule has 3 nitrogen and oxygen atoms in total. The molecule has 1 aliphatic carbocycles. The van der Waals surface area contributed by atoms with Crippen LogP contribution in [0.1, 0.15) is 24.0 Å². The summed E-state index contributed by atoms with van der Waals surface area (Å²) in [4.78, 5) is 4.00. The Hall–Kier alpha value is -1.89. The van der Waals surface area contributed by atoms with Crippen molar-refractivity contribution in [1.82, 2.24) is 4.98 Å². The molecule has 0 bridgehead atoms. The molecule has 1 aromatic heterocycles. The minimum absolute atomic E-state index is 0.475. The number of halogens is 2. The van der Waals surface area contributed by atoms with Gasteiger partial charge in [-0.05, 0) is 37.0 Å². The first-order valence-electron chi connectivity index (χ1n) is 7.08. The minimum Gasteiger partial charge on any atom is -0.396 e. The van der Waals surface area contributed by atoms with Crippen LogP contribution < -0.4 is 11.1 Å². The predicted octanol–water partition coefficient (Wildman–Crippen LogP) is 4.19. The molecule has 1 fully saturated rings. The van der Waals surface area contributed by atoms with Crippen molar-refractivity contribution in [3.05, 3.63) is 51.8 Å². The highest BCUT2D eigenvalue weighted by atomic mass is 35.5.